The molecule has 0 spiro atoms. The molecule has 0 aromatic carbocycles. The molecule has 0 saturated carbocycles. The summed E-state index contributed by atoms with van der Waals surface area (Å²) in [5, 5.41) is 3.43. The second-order valence-electron chi connectivity index (χ2n) is 4.32. The van der Waals surface area contributed by atoms with Gasteiger partial charge in [0.15, 0.2) is 0 Å². The van der Waals surface area contributed by atoms with Gasteiger partial charge in [-0.2, -0.15) is 0 Å². The SMILES string of the molecule is C1CCC(COC[C@H]2CCCN2)OC1. The molecule has 2 fully saturated rings. The van der Waals surface area contributed by atoms with Crippen LogP contribution in [0.15, 0.2) is 0 Å². The van der Waals surface area contributed by atoms with Gasteiger partial charge < -0.3 is 14.8 Å². The van der Waals surface area contributed by atoms with E-state index in [9.17, 15) is 0 Å². The molecule has 0 aliphatic carbocycles. The van der Waals surface area contributed by atoms with Gasteiger partial charge in [0.25, 0.3) is 0 Å². The van der Waals surface area contributed by atoms with Crippen LogP contribution in [0.5, 0.6) is 0 Å². The number of rotatable bonds is 4. The average molecular weight is 199 g/mol. The van der Waals surface area contributed by atoms with Crippen molar-refractivity contribution < 1.29 is 9.47 Å². The normalized spacial score (nSPS) is 33.4. The van der Waals surface area contributed by atoms with E-state index in [1.54, 1.807) is 0 Å². The Hall–Kier alpha value is -0.120. The molecule has 0 radical (unpaired) electrons. The number of ether oxygens (including phenoxy) is 2. The van der Waals surface area contributed by atoms with Gasteiger partial charge in [-0.15, -0.1) is 0 Å². The third-order valence-corrected chi connectivity index (χ3v) is 3.06. The molecule has 0 aromatic heterocycles. The lowest BCUT2D eigenvalue weighted by Gasteiger charge is -2.23. The van der Waals surface area contributed by atoms with Crippen molar-refractivity contribution in [1.82, 2.24) is 5.32 Å². The maximum absolute atomic E-state index is 5.67. The third kappa shape index (κ3) is 3.23. The molecule has 2 aliphatic rings. The van der Waals surface area contributed by atoms with Gasteiger partial charge in [-0.1, -0.05) is 0 Å². The first kappa shape index (κ1) is 10.4. The van der Waals surface area contributed by atoms with Crippen LogP contribution in [0.25, 0.3) is 0 Å². The van der Waals surface area contributed by atoms with Gasteiger partial charge in [0, 0.05) is 12.6 Å². The Morgan fingerprint density at radius 1 is 1.14 bits per heavy atom. The molecule has 2 aliphatic heterocycles. The molecule has 2 saturated heterocycles. The van der Waals surface area contributed by atoms with E-state index >= 15 is 0 Å². The average Bonchev–Trinajstić information content (AvgIpc) is 2.72. The fourth-order valence-electron chi connectivity index (χ4n) is 2.18. The van der Waals surface area contributed by atoms with Crippen LogP contribution >= 0.6 is 0 Å². The lowest BCUT2D eigenvalue weighted by molar-refractivity contribution is -0.0433. The van der Waals surface area contributed by atoms with Crippen molar-refractivity contribution in [2.45, 2.75) is 44.2 Å². The maximum atomic E-state index is 5.67. The molecule has 2 rings (SSSR count). The predicted molar refractivity (Wildman–Crippen MR) is 55.4 cm³/mol. The summed E-state index contributed by atoms with van der Waals surface area (Å²) in [4.78, 5) is 0. The van der Waals surface area contributed by atoms with Gasteiger partial charge in [0.2, 0.25) is 0 Å². The Bertz CT molecular complexity index is 151. The van der Waals surface area contributed by atoms with Crippen molar-refractivity contribution in [3.8, 4) is 0 Å². The van der Waals surface area contributed by atoms with Crippen LogP contribution in [0.4, 0.5) is 0 Å². The van der Waals surface area contributed by atoms with E-state index < -0.39 is 0 Å². The van der Waals surface area contributed by atoms with Gasteiger partial charge in [0.1, 0.15) is 0 Å². The quantitative estimate of drug-likeness (QED) is 0.741. The van der Waals surface area contributed by atoms with Crippen LogP contribution in [0.2, 0.25) is 0 Å². The Balaban J connectivity index is 1.52. The van der Waals surface area contributed by atoms with Crippen LogP contribution in [0.1, 0.15) is 32.1 Å². The van der Waals surface area contributed by atoms with E-state index in [2.05, 4.69) is 5.32 Å². The predicted octanol–water partition coefficient (Wildman–Crippen LogP) is 1.32. The molecule has 3 heteroatoms. The highest BCUT2D eigenvalue weighted by Crippen LogP contribution is 2.13. The molecule has 14 heavy (non-hydrogen) atoms. The van der Waals surface area contributed by atoms with Gasteiger partial charge in [0.05, 0.1) is 19.3 Å². The molecule has 0 aromatic rings. The van der Waals surface area contributed by atoms with Crippen molar-refractivity contribution in [3.63, 3.8) is 0 Å². The number of nitrogens with one attached hydrogen (secondary N) is 1. The highest BCUT2D eigenvalue weighted by atomic mass is 16.5. The van der Waals surface area contributed by atoms with Crippen molar-refractivity contribution >= 4 is 0 Å². The molecular formula is C11H21NO2. The standard InChI is InChI=1S/C11H21NO2/c1-2-7-14-11(5-1)9-13-8-10-4-3-6-12-10/h10-12H,1-9H2/t10-,11?/m1/s1. The molecule has 0 amide bonds. The zero-order valence-corrected chi connectivity index (χ0v) is 8.84. The minimum atomic E-state index is 0.366. The Morgan fingerprint density at radius 3 is 2.86 bits per heavy atom. The third-order valence-electron chi connectivity index (χ3n) is 3.06. The lowest BCUT2D eigenvalue weighted by Crippen LogP contribution is -2.30. The summed E-state index contributed by atoms with van der Waals surface area (Å²) in [6, 6.07) is 0.596. The van der Waals surface area contributed by atoms with Gasteiger partial charge in [-0.05, 0) is 38.6 Å². The van der Waals surface area contributed by atoms with Crippen LogP contribution in [0, 0.1) is 0 Å². The van der Waals surface area contributed by atoms with E-state index in [0.717, 1.165) is 26.4 Å². The summed E-state index contributed by atoms with van der Waals surface area (Å²) in [7, 11) is 0. The number of hydrogen-bond donors (Lipinski definition) is 1. The summed E-state index contributed by atoms with van der Waals surface area (Å²) >= 11 is 0. The van der Waals surface area contributed by atoms with Crippen LogP contribution in [-0.4, -0.2) is 38.5 Å². The largest absolute Gasteiger partial charge is 0.377 e. The molecule has 1 unspecified atom stereocenters. The van der Waals surface area contributed by atoms with Crippen LogP contribution in [0.3, 0.4) is 0 Å². The second kappa shape index (κ2) is 5.69. The first-order valence-electron chi connectivity index (χ1n) is 5.88. The Labute approximate surface area is 86.2 Å². The first-order chi connectivity index (χ1) is 6.95. The summed E-state index contributed by atoms with van der Waals surface area (Å²) in [5.74, 6) is 0. The van der Waals surface area contributed by atoms with E-state index in [1.807, 2.05) is 0 Å². The molecular weight excluding hydrogens is 178 g/mol. The van der Waals surface area contributed by atoms with Crippen LogP contribution in [-0.2, 0) is 9.47 Å². The van der Waals surface area contributed by atoms with Crippen molar-refractivity contribution in [1.29, 1.82) is 0 Å². The summed E-state index contributed by atoms with van der Waals surface area (Å²) in [6.45, 7) is 3.74. The van der Waals surface area contributed by atoms with E-state index in [1.165, 1.54) is 32.1 Å². The monoisotopic (exact) mass is 199 g/mol. The maximum Gasteiger partial charge on any atom is 0.0808 e. The Kier molecular flexibility index (Phi) is 4.22. The Morgan fingerprint density at radius 2 is 2.14 bits per heavy atom. The van der Waals surface area contributed by atoms with Crippen molar-refractivity contribution in [2.24, 2.45) is 0 Å². The summed E-state index contributed by atoms with van der Waals surface area (Å²) < 4.78 is 11.3. The molecule has 1 N–H and O–H groups in total. The second-order valence-corrected chi connectivity index (χ2v) is 4.32. The van der Waals surface area contributed by atoms with Crippen LogP contribution < -0.4 is 5.32 Å². The minimum absolute atomic E-state index is 0.366. The first-order valence-corrected chi connectivity index (χ1v) is 5.88. The zero-order chi connectivity index (χ0) is 9.64. The topological polar surface area (TPSA) is 30.5 Å². The molecule has 3 nitrogen and oxygen atoms in total. The van der Waals surface area contributed by atoms with E-state index in [-0.39, 0.29) is 0 Å². The highest BCUT2D eigenvalue weighted by Gasteiger charge is 2.17. The fraction of sp³-hybridized carbons (Fsp3) is 1.00. The van der Waals surface area contributed by atoms with E-state index in [0.29, 0.717) is 12.1 Å². The van der Waals surface area contributed by atoms with Gasteiger partial charge >= 0.3 is 0 Å². The molecule has 2 atom stereocenters. The lowest BCUT2D eigenvalue weighted by atomic mass is 10.1. The van der Waals surface area contributed by atoms with E-state index in [4.69, 9.17) is 9.47 Å². The van der Waals surface area contributed by atoms with Crippen molar-refractivity contribution in [3.05, 3.63) is 0 Å². The van der Waals surface area contributed by atoms with Gasteiger partial charge in [-0.25, -0.2) is 0 Å². The molecule has 0 bridgehead atoms. The summed E-state index contributed by atoms with van der Waals surface area (Å²) in [6.07, 6.45) is 6.64. The smallest absolute Gasteiger partial charge is 0.0808 e. The fourth-order valence-corrected chi connectivity index (χ4v) is 2.18. The number of hydrogen-bond acceptors (Lipinski definition) is 3. The summed E-state index contributed by atoms with van der Waals surface area (Å²) in [5.41, 5.74) is 0. The molecule has 2 heterocycles. The molecule has 82 valence electrons. The highest BCUT2D eigenvalue weighted by molar-refractivity contribution is 4.73. The minimum Gasteiger partial charge on any atom is -0.377 e. The van der Waals surface area contributed by atoms with Crippen molar-refractivity contribution in [2.75, 3.05) is 26.4 Å². The van der Waals surface area contributed by atoms with Gasteiger partial charge in [-0.3, -0.25) is 0 Å². The zero-order valence-electron chi connectivity index (χ0n) is 8.84.